The number of halogens is 1. The fraction of sp³-hybridized carbons (Fsp3) is 0.385. The number of piperidine rings is 1. The van der Waals surface area contributed by atoms with E-state index in [0.29, 0.717) is 12.8 Å². The molecule has 2 rings (SSSR count). The smallest absolute Gasteiger partial charge is 0.307 e. The summed E-state index contributed by atoms with van der Waals surface area (Å²) in [5, 5.41) is 17.8. The normalized spacial score (nSPS) is 19.9. The standard InChI is InChI=1S/C13H13ClN2O4S/c14-11-6-9(7-15)3-4-12(11)21(19,20)16-5-1-2-10(8-16)13(17)18/h3-4,6,10H,1-2,5,8H2,(H,17,18)/t10-/m1/s1. The van der Waals surface area contributed by atoms with Gasteiger partial charge in [-0.3, -0.25) is 4.79 Å². The Bertz CT molecular complexity index is 711. The number of carbonyl (C=O) groups is 1. The van der Waals surface area contributed by atoms with E-state index in [1.165, 1.54) is 18.2 Å². The average Bonchev–Trinajstić information content (AvgIpc) is 2.46. The van der Waals surface area contributed by atoms with E-state index >= 15 is 0 Å². The van der Waals surface area contributed by atoms with Crippen LogP contribution in [-0.2, 0) is 14.8 Å². The van der Waals surface area contributed by atoms with Gasteiger partial charge in [-0.1, -0.05) is 11.6 Å². The van der Waals surface area contributed by atoms with E-state index < -0.39 is 21.9 Å². The number of rotatable bonds is 3. The predicted octanol–water partition coefficient (Wildman–Crippen LogP) is 1.70. The lowest BCUT2D eigenvalue weighted by Gasteiger charge is -2.30. The lowest BCUT2D eigenvalue weighted by Crippen LogP contribution is -2.42. The van der Waals surface area contributed by atoms with Gasteiger partial charge >= 0.3 is 5.97 Å². The molecule has 21 heavy (non-hydrogen) atoms. The number of sulfonamides is 1. The number of nitrogens with zero attached hydrogens (tertiary/aromatic N) is 2. The molecule has 1 aromatic carbocycles. The molecule has 1 atom stereocenters. The van der Waals surface area contributed by atoms with Crippen LogP contribution in [0.3, 0.4) is 0 Å². The molecule has 0 bridgehead atoms. The van der Waals surface area contributed by atoms with E-state index in [4.69, 9.17) is 22.0 Å². The Morgan fingerprint density at radius 3 is 2.76 bits per heavy atom. The molecule has 1 fully saturated rings. The van der Waals surface area contributed by atoms with E-state index in [1.807, 2.05) is 6.07 Å². The molecular formula is C13H13ClN2O4S. The first kappa shape index (κ1) is 15.8. The number of carboxylic acids is 1. The maximum Gasteiger partial charge on any atom is 0.307 e. The van der Waals surface area contributed by atoms with Crippen LogP contribution >= 0.6 is 11.6 Å². The second-order valence-electron chi connectivity index (χ2n) is 4.80. The molecule has 0 saturated carbocycles. The molecule has 1 aliphatic rings. The first-order valence-corrected chi connectivity index (χ1v) is 8.10. The van der Waals surface area contributed by atoms with Gasteiger partial charge in [-0.15, -0.1) is 0 Å². The molecule has 1 saturated heterocycles. The van der Waals surface area contributed by atoms with E-state index in [0.717, 1.165) is 4.31 Å². The molecule has 0 spiro atoms. The molecule has 0 amide bonds. The maximum absolute atomic E-state index is 12.5. The van der Waals surface area contributed by atoms with Crippen LogP contribution in [0.2, 0.25) is 5.02 Å². The predicted molar refractivity (Wildman–Crippen MR) is 75.3 cm³/mol. The molecule has 0 unspecified atom stereocenters. The second kappa shape index (κ2) is 6.02. The molecule has 1 heterocycles. The largest absolute Gasteiger partial charge is 0.481 e. The van der Waals surface area contributed by atoms with Crippen LogP contribution < -0.4 is 0 Å². The minimum absolute atomic E-state index is 0.0356. The minimum Gasteiger partial charge on any atom is -0.481 e. The summed E-state index contributed by atoms with van der Waals surface area (Å²) in [6, 6.07) is 5.81. The maximum atomic E-state index is 12.5. The fourth-order valence-corrected chi connectivity index (χ4v) is 4.32. The molecule has 0 aliphatic carbocycles. The quantitative estimate of drug-likeness (QED) is 0.910. The van der Waals surface area contributed by atoms with Crippen LogP contribution in [0.1, 0.15) is 18.4 Å². The number of benzene rings is 1. The molecule has 6 nitrogen and oxygen atoms in total. The van der Waals surface area contributed by atoms with E-state index in [-0.39, 0.29) is 28.6 Å². The Labute approximate surface area is 127 Å². The fourth-order valence-electron chi connectivity index (χ4n) is 2.28. The number of hydrogen-bond donors (Lipinski definition) is 1. The Kier molecular flexibility index (Phi) is 4.52. The zero-order valence-corrected chi connectivity index (χ0v) is 12.6. The van der Waals surface area contributed by atoms with Gasteiger partial charge < -0.3 is 5.11 Å². The molecule has 1 aromatic rings. The van der Waals surface area contributed by atoms with Gasteiger partial charge in [0.25, 0.3) is 0 Å². The van der Waals surface area contributed by atoms with Crippen molar-refractivity contribution >= 4 is 27.6 Å². The summed E-state index contributed by atoms with van der Waals surface area (Å²) >= 11 is 5.94. The van der Waals surface area contributed by atoms with E-state index in [1.54, 1.807) is 0 Å². The van der Waals surface area contributed by atoms with Crippen LogP contribution in [0.4, 0.5) is 0 Å². The highest BCUT2D eigenvalue weighted by molar-refractivity contribution is 7.89. The lowest BCUT2D eigenvalue weighted by molar-refractivity contribution is -0.142. The average molecular weight is 329 g/mol. The summed E-state index contributed by atoms with van der Waals surface area (Å²) in [5.41, 5.74) is 0.265. The van der Waals surface area contributed by atoms with Gasteiger partial charge in [0.2, 0.25) is 10.0 Å². The Morgan fingerprint density at radius 1 is 1.48 bits per heavy atom. The van der Waals surface area contributed by atoms with Gasteiger partial charge in [0.05, 0.1) is 22.6 Å². The molecule has 8 heteroatoms. The van der Waals surface area contributed by atoms with Crippen LogP contribution in [-0.4, -0.2) is 36.9 Å². The highest BCUT2D eigenvalue weighted by Gasteiger charge is 2.34. The van der Waals surface area contributed by atoms with Crippen molar-refractivity contribution in [1.29, 1.82) is 5.26 Å². The van der Waals surface area contributed by atoms with Crippen LogP contribution in [0, 0.1) is 17.2 Å². The summed E-state index contributed by atoms with van der Waals surface area (Å²) in [4.78, 5) is 10.9. The van der Waals surface area contributed by atoms with Crippen molar-refractivity contribution in [1.82, 2.24) is 4.31 Å². The lowest BCUT2D eigenvalue weighted by atomic mass is 10.0. The van der Waals surface area contributed by atoms with Crippen molar-refractivity contribution in [2.75, 3.05) is 13.1 Å². The zero-order valence-electron chi connectivity index (χ0n) is 11.0. The molecule has 112 valence electrons. The number of nitriles is 1. The number of hydrogen-bond acceptors (Lipinski definition) is 4. The Balaban J connectivity index is 2.34. The summed E-state index contributed by atoms with van der Waals surface area (Å²) in [6.45, 7) is 0.205. The second-order valence-corrected chi connectivity index (χ2v) is 7.11. The zero-order chi connectivity index (χ0) is 15.6. The number of carboxylic acid groups (broad SMARTS) is 1. The number of aliphatic carboxylic acids is 1. The first-order chi connectivity index (χ1) is 9.86. The van der Waals surface area contributed by atoms with Crippen LogP contribution in [0.15, 0.2) is 23.1 Å². The first-order valence-electron chi connectivity index (χ1n) is 6.29. The summed E-state index contributed by atoms with van der Waals surface area (Å²) in [5.74, 6) is -1.70. The minimum atomic E-state index is -3.86. The Hall–Kier alpha value is -1.62. The van der Waals surface area contributed by atoms with Gasteiger partial charge in [-0.25, -0.2) is 8.42 Å². The van der Waals surface area contributed by atoms with Crippen LogP contribution in [0.25, 0.3) is 0 Å². The summed E-state index contributed by atoms with van der Waals surface area (Å²) in [7, 11) is -3.86. The summed E-state index contributed by atoms with van der Waals surface area (Å²) in [6.07, 6.45) is 0.951. The third-order valence-electron chi connectivity index (χ3n) is 3.41. The molecular weight excluding hydrogens is 316 g/mol. The monoisotopic (exact) mass is 328 g/mol. The van der Waals surface area contributed by atoms with Gasteiger partial charge in [0.15, 0.2) is 0 Å². The van der Waals surface area contributed by atoms with Crippen molar-refractivity contribution in [3.8, 4) is 6.07 Å². The van der Waals surface area contributed by atoms with Gasteiger partial charge in [0.1, 0.15) is 4.90 Å². The molecule has 0 radical (unpaired) electrons. The summed E-state index contributed by atoms with van der Waals surface area (Å²) < 4.78 is 26.2. The van der Waals surface area contributed by atoms with Crippen molar-refractivity contribution in [3.05, 3.63) is 28.8 Å². The van der Waals surface area contributed by atoms with Gasteiger partial charge in [-0.2, -0.15) is 9.57 Å². The van der Waals surface area contributed by atoms with Crippen molar-refractivity contribution in [3.63, 3.8) is 0 Å². The third-order valence-corrected chi connectivity index (χ3v) is 5.76. The van der Waals surface area contributed by atoms with Crippen LogP contribution in [0.5, 0.6) is 0 Å². The Morgan fingerprint density at radius 2 is 2.19 bits per heavy atom. The van der Waals surface area contributed by atoms with Crippen molar-refractivity contribution in [2.24, 2.45) is 5.92 Å². The molecule has 0 aromatic heterocycles. The highest BCUT2D eigenvalue weighted by atomic mass is 35.5. The third kappa shape index (κ3) is 3.18. The molecule has 1 aliphatic heterocycles. The van der Waals surface area contributed by atoms with Crippen molar-refractivity contribution in [2.45, 2.75) is 17.7 Å². The van der Waals surface area contributed by atoms with E-state index in [9.17, 15) is 13.2 Å². The molecule has 1 N–H and O–H groups in total. The topological polar surface area (TPSA) is 98.5 Å². The van der Waals surface area contributed by atoms with E-state index in [2.05, 4.69) is 0 Å². The highest BCUT2D eigenvalue weighted by Crippen LogP contribution is 2.29. The van der Waals surface area contributed by atoms with Crippen molar-refractivity contribution < 1.29 is 18.3 Å². The van der Waals surface area contributed by atoms with Gasteiger partial charge in [0, 0.05) is 13.1 Å². The SMILES string of the molecule is N#Cc1ccc(S(=O)(=O)N2CCC[C@@H](C(=O)O)C2)c(Cl)c1. The van der Waals surface area contributed by atoms with Gasteiger partial charge in [-0.05, 0) is 31.0 Å².